The Labute approximate surface area is 240 Å². The van der Waals surface area contributed by atoms with Gasteiger partial charge in [-0.25, -0.2) is 13.4 Å². The van der Waals surface area contributed by atoms with Crippen LogP contribution in [-0.4, -0.2) is 31.8 Å². The van der Waals surface area contributed by atoms with Crippen LogP contribution in [0.25, 0.3) is 0 Å². The number of halogens is 6. The minimum atomic E-state index is -4.58. The maximum atomic E-state index is 12.7. The summed E-state index contributed by atoms with van der Waals surface area (Å²) >= 11 is 18.7. The summed E-state index contributed by atoms with van der Waals surface area (Å²) in [6.45, 7) is 0.148. The summed E-state index contributed by atoms with van der Waals surface area (Å²) in [5.41, 5.74) is 1.19. The van der Waals surface area contributed by atoms with Crippen LogP contribution in [0, 0.1) is 0 Å². The molecule has 3 rings (SSSR count). The third-order valence-corrected chi connectivity index (χ3v) is 8.62. The quantitative estimate of drug-likeness (QED) is 0.167. The van der Waals surface area contributed by atoms with Crippen molar-refractivity contribution >= 4 is 73.8 Å². The Balaban J connectivity index is 1.43. The molecular weight excluding hydrogens is 626 g/mol. The average molecular weight is 645 g/mol. The van der Waals surface area contributed by atoms with Gasteiger partial charge in [0.25, 0.3) is 15.9 Å². The number of hydrogen-bond acceptors (Lipinski definition) is 7. The van der Waals surface area contributed by atoms with Gasteiger partial charge in [-0.3, -0.25) is 15.0 Å². The van der Waals surface area contributed by atoms with Crippen molar-refractivity contribution < 1.29 is 31.2 Å². The number of benzene rings is 1. The van der Waals surface area contributed by atoms with Gasteiger partial charge in [-0.1, -0.05) is 40.9 Å². The monoisotopic (exact) mass is 643 g/mol. The Hall–Kier alpha value is -2.62. The molecule has 210 valence electrons. The van der Waals surface area contributed by atoms with E-state index in [1.165, 1.54) is 24.3 Å². The van der Waals surface area contributed by atoms with Crippen molar-refractivity contribution in [2.45, 2.75) is 29.8 Å². The first-order valence-corrected chi connectivity index (χ1v) is 14.3. The molecule has 0 atom stereocenters. The van der Waals surface area contributed by atoms with Gasteiger partial charge >= 0.3 is 6.18 Å². The van der Waals surface area contributed by atoms with E-state index in [0.717, 1.165) is 17.4 Å². The molecule has 0 saturated heterocycles. The molecule has 2 amide bonds. The molecule has 2 aromatic heterocycles. The molecule has 0 unspecified atom stereocenters. The van der Waals surface area contributed by atoms with Crippen LogP contribution in [0.1, 0.15) is 33.6 Å². The number of thiophene rings is 1. The van der Waals surface area contributed by atoms with Crippen LogP contribution < -0.4 is 20.9 Å². The van der Waals surface area contributed by atoms with Crippen LogP contribution in [0.15, 0.2) is 46.8 Å². The predicted molar refractivity (Wildman–Crippen MR) is 142 cm³/mol. The van der Waals surface area contributed by atoms with Gasteiger partial charge in [0.15, 0.2) is 0 Å². The fraction of sp³-hybridized carbons (Fsp3) is 0.227. The second-order valence-electron chi connectivity index (χ2n) is 7.74. The van der Waals surface area contributed by atoms with Crippen molar-refractivity contribution in [3.05, 3.63) is 73.7 Å². The van der Waals surface area contributed by atoms with Gasteiger partial charge in [0.2, 0.25) is 5.91 Å². The first kappa shape index (κ1) is 30.9. The van der Waals surface area contributed by atoms with Gasteiger partial charge in [0, 0.05) is 24.0 Å². The summed E-state index contributed by atoms with van der Waals surface area (Å²) in [6.07, 6.45) is -3.85. The highest BCUT2D eigenvalue weighted by atomic mass is 35.5. The molecule has 0 aliphatic carbocycles. The van der Waals surface area contributed by atoms with Crippen molar-refractivity contribution in [2.24, 2.45) is 0 Å². The number of anilines is 1. The largest absolute Gasteiger partial charge is 0.417 e. The number of aromatic nitrogens is 1. The Morgan fingerprint density at radius 3 is 2.36 bits per heavy atom. The van der Waals surface area contributed by atoms with Crippen molar-refractivity contribution in [3.63, 3.8) is 0 Å². The molecule has 2 heterocycles. The zero-order chi connectivity index (χ0) is 28.8. The van der Waals surface area contributed by atoms with E-state index in [9.17, 15) is 31.2 Å². The predicted octanol–water partition coefficient (Wildman–Crippen LogP) is 5.25. The maximum Gasteiger partial charge on any atom is 0.417 e. The lowest BCUT2D eigenvalue weighted by molar-refractivity contribution is -0.137. The summed E-state index contributed by atoms with van der Waals surface area (Å²) in [4.78, 5) is 30.5. The summed E-state index contributed by atoms with van der Waals surface area (Å²) in [7, 11) is -4.09. The Morgan fingerprint density at radius 1 is 1.03 bits per heavy atom. The fourth-order valence-electron chi connectivity index (χ4n) is 2.98. The number of carbonyl (C=O) groups excluding carboxylic acids is 2. The Morgan fingerprint density at radius 2 is 1.72 bits per heavy atom. The van der Waals surface area contributed by atoms with E-state index in [-0.39, 0.29) is 56.6 Å². The maximum absolute atomic E-state index is 12.7. The molecule has 9 nitrogen and oxygen atoms in total. The van der Waals surface area contributed by atoms with E-state index in [1.807, 2.05) is 4.83 Å². The van der Waals surface area contributed by atoms with Crippen LogP contribution in [0.2, 0.25) is 15.1 Å². The van der Waals surface area contributed by atoms with Gasteiger partial charge in [-0.2, -0.15) is 13.2 Å². The molecule has 0 radical (unpaired) electrons. The molecule has 1 aromatic carbocycles. The lowest BCUT2D eigenvalue weighted by atomic mass is 10.2. The smallest absolute Gasteiger partial charge is 0.369 e. The van der Waals surface area contributed by atoms with Crippen LogP contribution in [0.5, 0.6) is 0 Å². The van der Waals surface area contributed by atoms with Crippen LogP contribution in [0.4, 0.5) is 19.0 Å². The van der Waals surface area contributed by atoms with E-state index in [2.05, 4.69) is 21.0 Å². The summed E-state index contributed by atoms with van der Waals surface area (Å²) in [6, 6.07) is 8.17. The number of carbonyl (C=O) groups is 2. The second kappa shape index (κ2) is 13.2. The number of hydrogen-bond donors (Lipinski definition) is 4. The van der Waals surface area contributed by atoms with Gasteiger partial charge in [-0.15, -0.1) is 16.2 Å². The normalized spacial score (nSPS) is 11.7. The SMILES string of the molecule is O=C(CCCNc1ncc(C(F)(F)F)cc1Cl)NNS(=O)(=O)c1ccc(CNC(=O)c2c(Cl)cccc2Cl)s1. The molecular formula is C22H19Cl3F3N5O4S2. The number of alkyl halides is 3. The van der Waals surface area contributed by atoms with Crippen molar-refractivity contribution in [1.82, 2.24) is 20.6 Å². The molecule has 0 aliphatic heterocycles. The number of amides is 2. The molecule has 0 bridgehead atoms. The Bertz CT molecular complexity index is 1450. The van der Waals surface area contributed by atoms with Gasteiger partial charge in [-0.05, 0) is 36.8 Å². The van der Waals surface area contributed by atoms with Crippen molar-refractivity contribution in [3.8, 4) is 0 Å². The molecule has 4 N–H and O–H groups in total. The average Bonchev–Trinajstić information content (AvgIpc) is 3.34. The molecule has 39 heavy (non-hydrogen) atoms. The third kappa shape index (κ3) is 8.68. The molecule has 0 aliphatic rings. The molecule has 3 aromatic rings. The number of sulfonamides is 1. The van der Waals surface area contributed by atoms with Gasteiger partial charge in [0.05, 0.1) is 32.7 Å². The molecule has 17 heteroatoms. The van der Waals surface area contributed by atoms with E-state index in [0.29, 0.717) is 11.1 Å². The number of hydrazine groups is 1. The first-order chi connectivity index (χ1) is 18.3. The minimum absolute atomic E-state index is 0.0116. The highest BCUT2D eigenvalue weighted by Crippen LogP contribution is 2.32. The zero-order valence-corrected chi connectivity index (χ0v) is 23.4. The lowest BCUT2D eigenvalue weighted by Crippen LogP contribution is -2.41. The standard InChI is InChI=1S/C22H19Cl3F3N5O4S2/c23-14-3-1-4-15(24)19(14)21(35)31-11-13-6-7-18(38-13)39(36,37)33-32-17(34)5-2-8-29-20-16(25)9-12(10-30-20)22(26,27)28/h1,3-4,6-7,9-10,33H,2,5,8,11H2,(H,29,30)(H,31,35)(H,32,34). The lowest BCUT2D eigenvalue weighted by Gasteiger charge is -2.11. The third-order valence-electron chi connectivity index (χ3n) is 4.88. The molecule has 0 spiro atoms. The first-order valence-electron chi connectivity index (χ1n) is 10.9. The topological polar surface area (TPSA) is 129 Å². The van der Waals surface area contributed by atoms with Crippen LogP contribution in [0.3, 0.4) is 0 Å². The summed E-state index contributed by atoms with van der Waals surface area (Å²) in [5.74, 6) is -1.15. The van der Waals surface area contributed by atoms with Crippen LogP contribution >= 0.6 is 46.1 Å². The number of nitrogens with one attached hydrogen (secondary N) is 4. The van der Waals surface area contributed by atoms with Crippen molar-refractivity contribution in [1.29, 1.82) is 0 Å². The van der Waals surface area contributed by atoms with E-state index < -0.39 is 33.6 Å². The molecule has 0 saturated carbocycles. The van der Waals surface area contributed by atoms with E-state index in [1.54, 1.807) is 6.07 Å². The summed E-state index contributed by atoms with van der Waals surface area (Å²) in [5, 5.41) is 5.44. The van der Waals surface area contributed by atoms with E-state index >= 15 is 0 Å². The fourth-order valence-corrected chi connectivity index (χ4v) is 5.94. The summed E-state index contributed by atoms with van der Waals surface area (Å²) < 4.78 is 62.9. The number of pyridine rings is 1. The van der Waals surface area contributed by atoms with Crippen molar-refractivity contribution in [2.75, 3.05) is 11.9 Å². The van der Waals surface area contributed by atoms with Gasteiger partial charge < -0.3 is 10.6 Å². The van der Waals surface area contributed by atoms with Gasteiger partial charge in [0.1, 0.15) is 10.0 Å². The van der Waals surface area contributed by atoms with E-state index in [4.69, 9.17) is 34.8 Å². The van der Waals surface area contributed by atoms with Crippen LogP contribution in [-0.2, 0) is 27.5 Å². The zero-order valence-electron chi connectivity index (χ0n) is 19.5. The highest BCUT2D eigenvalue weighted by Gasteiger charge is 2.31. The number of rotatable bonds is 11. The Kier molecular flexibility index (Phi) is 10.4. The molecule has 0 fully saturated rings. The number of nitrogens with zero attached hydrogens (tertiary/aromatic N) is 1. The minimum Gasteiger partial charge on any atom is -0.369 e. The second-order valence-corrected chi connectivity index (χ2v) is 12.0. The highest BCUT2D eigenvalue weighted by molar-refractivity contribution is 7.91.